The van der Waals surface area contributed by atoms with Crippen LogP contribution in [-0.4, -0.2) is 60.0 Å². The number of fused-ring (bicyclic) bond motifs is 1. The molecule has 1 N–H and O–H groups in total. The van der Waals surface area contributed by atoms with Crippen molar-refractivity contribution in [3.8, 4) is 0 Å². The van der Waals surface area contributed by atoms with Crippen LogP contribution in [0.25, 0.3) is 0 Å². The van der Waals surface area contributed by atoms with Gasteiger partial charge >= 0.3 is 18.2 Å². The molecule has 1 unspecified atom stereocenters. The lowest BCUT2D eigenvalue weighted by atomic mass is 9.96. The molecule has 1 saturated carbocycles. The van der Waals surface area contributed by atoms with Gasteiger partial charge in [0.15, 0.2) is 0 Å². The Labute approximate surface area is 160 Å². The molecule has 1 aliphatic heterocycles. The van der Waals surface area contributed by atoms with Gasteiger partial charge in [0.25, 0.3) is 0 Å². The van der Waals surface area contributed by atoms with E-state index in [1.165, 1.54) is 7.11 Å². The summed E-state index contributed by atoms with van der Waals surface area (Å²) in [5.74, 6) is -0.0968. The van der Waals surface area contributed by atoms with Gasteiger partial charge in [0.2, 0.25) is 0 Å². The van der Waals surface area contributed by atoms with Crippen LogP contribution in [0.4, 0.5) is 9.59 Å². The third-order valence-corrected chi connectivity index (χ3v) is 4.58. The van der Waals surface area contributed by atoms with Gasteiger partial charge in [0, 0.05) is 12.6 Å². The zero-order valence-electron chi connectivity index (χ0n) is 17.3. The Hall–Kier alpha value is -1.99. The van der Waals surface area contributed by atoms with Crippen molar-refractivity contribution in [3.05, 3.63) is 0 Å². The molecule has 0 radical (unpaired) electrons. The number of esters is 1. The van der Waals surface area contributed by atoms with Crippen LogP contribution in [0.2, 0.25) is 0 Å². The number of piperidine rings is 1. The van der Waals surface area contributed by atoms with Crippen LogP contribution in [-0.2, 0) is 19.0 Å². The Morgan fingerprint density at radius 3 is 2.19 bits per heavy atom. The summed E-state index contributed by atoms with van der Waals surface area (Å²) < 4.78 is 15.5. The van der Waals surface area contributed by atoms with E-state index >= 15 is 0 Å². The maximum atomic E-state index is 12.4. The molecule has 1 saturated heterocycles. The molecule has 0 spiro atoms. The number of amides is 2. The molecule has 2 fully saturated rings. The van der Waals surface area contributed by atoms with Crippen molar-refractivity contribution in [1.82, 2.24) is 10.2 Å². The minimum Gasteiger partial charge on any atom is -0.467 e. The number of nitrogens with one attached hydrogen (secondary N) is 1. The van der Waals surface area contributed by atoms with Crippen LogP contribution in [0, 0.1) is 11.8 Å². The lowest BCUT2D eigenvalue weighted by Crippen LogP contribution is -2.45. The zero-order valence-corrected chi connectivity index (χ0v) is 17.3. The number of alkyl carbamates (subject to hydrolysis) is 1. The van der Waals surface area contributed by atoms with Crippen molar-refractivity contribution in [1.29, 1.82) is 0 Å². The molecule has 0 aromatic carbocycles. The van der Waals surface area contributed by atoms with Crippen LogP contribution in [0.15, 0.2) is 0 Å². The zero-order chi connectivity index (χ0) is 20.6. The first-order chi connectivity index (χ1) is 12.3. The molecule has 27 heavy (non-hydrogen) atoms. The second-order valence-corrected chi connectivity index (χ2v) is 9.32. The van der Waals surface area contributed by atoms with Crippen molar-refractivity contribution < 1.29 is 28.6 Å². The summed E-state index contributed by atoms with van der Waals surface area (Å²) in [4.78, 5) is 38.3. The van der Waals surface area contributed by atoms with E-state index in [9.17, 15) is 14.4 Å². The van der Waals surface area contributed by atoms with E-state index in [2.05, 4.69) is 5.32 Å². The Balaban J connectivity index is 1.97. The monoisotopic (exact) mass is 384 g/mol. The Bertz CT molecular complexity index is 592. The quantitative estimate of drug-likeness (QED) is 0.592. The number of nitrogens with zero attached hydrogens (tertiary/aromatic N) is 1. The summed E-state index contributed by atoms with van der Waals surface area (Å²) in [5, 5.41) is 2.60. The molecule has 2 amide bonds. The maximum Gasteiger partial charge on any atom is 0.410 e. The van der Waals surface area contributed by atoms with Gasteiger partial charge in [0.1, 0.15) is 17.2 Å². The maximum absolute atomic E-state index is 12.4. The first-order valence-electron chi connectivity index (χ1n) is 9.37. The fraction of sp³-hybridized carbons (Fsp3) is 0.842. The van der Waals surface area contributed by atoms with E-state index < -0.39 is 29.3 Å². The van der Waals surface area contributed by atoms with Gasteiger partial charge < -0.3 is 24.4 Å². The predicted octanol–water partition coefficient (Wildman–Crippen LogP) is 2.70. The van der Waals surface area contributed by atoms with Crippen LogP contribution >= 0.6 is 0 Å². The Morgan fingerprint density at radius 2 is 1.67 bits per heavy atom. The molecule has 4 atom stereocenters. The third kappa shape index (κ3) is 6.01. The molecular weight excluding hydrogens is 352 g/mol. The highest BCUT2D eigenvalue weighted by Gasteiger charge is 2.56. The molecule has 0 aromatic heterocycles. The molecule has 0 bridgehead atoms. The number of carbonyl (C=O) groups is 3. The molecule has 154 valence electrons. The van der Waals surface area contributed by atoms with Gasteiger partial charge in [-0.25, -0.2) is 14.4 Å². The van der Waals surface area contributed by atoms with Crippen molar-refractivity contribution in [2.75, 3.05) is 13.7 Å². The molecule has 2 aliphatic rings. The summed E-state index contributed by atoms with van der Waals surface area (Å²) in [6.45, 7) is 11.3. The Kier molecular flexibility index (Phi) is 5.97. The van der Waals surface area contributed by atoms with E-state index in [1.807, 2.05) is 20.8 Å². The van der Waals surface area contributed by atoms with Gasteiger partial charge in [-0.2, -0.15) is 0 Å². The SMILES string of the molecule is COC(=O)C(C[C@H]1CN(C(=O)OC(C)(C)C)[C@H]2C[C@@H]12)NC(=O)OC(C)(C)C. The lowest BCUT2D eigenvalue weighted by molar-refractivity contribution is -0.143. The fourth-order valence-corrected chi connectivity index (χ4v) is 3.48. The highest BCUT2D eigenvalue weighted by molar-refractivity contribution is 5.81. The number of rotatable bonds is 4. The number of hydrogen-bond donors (Lipinski definition) is 1. The first kappa shape index (κ1) is 21.3. The van der Waals surface area contributed by atoms with Crippen LogP contribution in [0.5, 0.6) is 0 Å². The topological polar surface area (TPSA) is 94.2 Å². The van der Waals surface area contributed by atoms with Crippen molar-refractivity contribution >= 4 is 18.2 Å². The summed E-state index contributed by atoms with van der Waals surface area (Å²) in [5.41, 5.74) is -1.21. The molecule has 0 aromatic rings. The largest absolute Gasteiger partial charge is 0.467 e. The van der Waals surface area contributed by atoms with Crippen molar-refractivity contribution in [2.24, 2.45) is 11.8 Å². The average molecular weight is 384 g/mol. The van der Waals surface area contributed by atoms with Gasteiger partial charge in [-0.15, -0.1) is 0 Å². The van der Waals surface area contributed by atoms with Gasteiger partial charge in [-0.05, 0) is 66.2 Å². The molecular formula is C19H32N2O6. The minimum absolute atomic E-state index is 0.0987. The molecule has 8 heteroatoms. The van der Waals surface area contributed by atoms with E-state index in [0.29, 0.717) is 18.9 Å². The van der Waals surface area contributed by atoms with Crippen LogP contribution in [0.1, 0.15) is 54.4 Å². The third-order valence-electron chi connectivity index (χ3n) is 4.58. The Morgan fingerprint density at radius 1 is 1.07 bits per heavy atom. The second kappa shape index (κ2) is 7.56. The first-order valence-corrected chi connectivity index (χ1v) is 9.37. The van der Waals surface area contributed by atoms with E-state index in [4.69, 9.17) is 14.2 Å². The lowest BCUT2D eigenvalue weighted by Gasteiger charge is -2.27. The molecule has 8 nitrogen and oxygen atoms in total. The summed E-state index contributed by atoms with van der Waals surface area (Å²) >= 11 is 0. The smallest absolute Gasteiger partial charge is 0.410 e. The molecule has 1 heterocycles. The highest BCUT2D eigenvalue weighted by atomic mass is 16.6. The molecule has 1 aliphatic carbocycles. The number of methoxy groups -OCH3 is 1. The second-order valence-electron chi connectivity index (χ2n) is 9.32. The number of carbonyl (C=O) groups excluding carboxylic acids is 3. The number of ether oxygens (including phenoxy) is 3. The fourth-order valence-electron chi connectivity index (χ4n) is 3.48. The normalized spacial score (nSPS) is 25.3. The van der Waals surface area contributed by atoms with E-state index in [0.717, 1.165) is 6.42 Å². The summed E-state index contributed by atoms with van der Waals surface area (Å²) in [6.07, 6.45) is 0.302. The summed E-state index contributed by atoms with van der Waals surface area (Å²) in [6, 6.07) is -0.653. The molecule has 2 rings (SSSR count). The highest BCUT2D eigenvalue weighted by Crippen LogP contribution is 2.50. The van der Waals surface area contributed by atoms with Crippen LogP contribution in [0.3, 0.4) is 0 Å². The number of likely N-dealkylation sites (tertiary alicyclic amines) is 1. The summed E-state index contributed by atoms with van der Waals surface area (Å²) in [7, 11) is 1.29. The van der Waals surface area contributed by atoms with E-state index in [1.54, 1.807) is 25.7 Å². The van der Waals surface area contributed by atoms with Crippen LogP contribution < -0.4 is 5.32 Å². The van der Waals surface area contributed by atoms with E-state index in [-0.39, 0.29) is 18.1 Å². The van der Waals surface area contributed by atoms with Crippen molar-refractivity contribution in [3.63, 3.8) is 0 Å². The average Bonchev–Trinajstić information content (AvgIpc) is 3.19. The minimum atomic E-state index is -0.810. The number of hydrogen-bond acceptors (Lipinski definition) is 6. The predicted molar refractivity (Wildman–Crippen MR) is 98.1 cm³/mol. The standard InChI is InChI=1S/C19H32N2O6/c1-18(2,3)26-16(23)20-13(15(22)25-7)8-11-10-21(14-9-12(11)14)17(24)27-19(4,5)6/h11-14H,8-10H2,1-7H3,(H,20,23)/t11-,12-,13?,14-/m0/s1. The van der Waals surface area contributed by atoms with Crippen molar-refractivity contribution in [2.45, 2.75) is 77.7 Å². The van der Waals surface area contributed by atoms with Gasteiger partial charge in [-0.1, -0.05) is 0 Å². The van der Waals surface area contributed by atoms with Gasteiger partial charge in [0.05, 0.1) is 7.11 Å². The van der Waals surface area contributed by atoms with Gasteiger partial charge in [-0.3, -0.25) is 0 Å².